The Labute approximate surface area is 85.3 Å². The van der Waals surface area contributed by atoms with Gasteiger partial charge in [0.05, 0.1) is 0 Å². The second-order valence-corrected chi connectivity index (χ2v) is 3.42. The van der Waals surface area contributed by atoms with Crippen LogP contribution >= 0.6 is 22.6 Å². The van der Waals surface area contributed by atoms with Crippen LogP contribution in [0, 0.1) is 3.70 Å². The number of aromatic nitrogens is 1. The summed E-state index contributed by atoms with van der Waals surface area (Å²) in [7, 11) is 0. The van der Waals surface area contributed by atoms with Crippen molar-refractivity contribution < 1.29 is 17.6 Å². The van der Waals surface area contributed by atoms with Crippen molar-refractivity contribution in [3.8, 4) is 0 Å². The molecule has 0 radical (unpaired) electrons. The first-order valence-corrected chi connectivity index (χ1v) is 4.31. The molecule has 0 saturated heterocycles. The molecule has 0 aliphatic carbocycles. The molecule has 6 heteroatoms. The van der Waals surface area contributed by atoms with E-state index < -0.39 is 18.5 Å². The molecule has 0 atom stereocenters. The molecule has 0 aliphatic rings. The highest BCUT2D eigenvalue weighted by atomic mass is 127. The Morgan fingerprint density at radius 3 is 2.38 bits per heavy atom. The Morgan fingerprint density at radius 2 is 1.92 bits per heavy atom. The van der Waals surface area contributed by atoms with Crippen LogP contribution in [0.1, 0.15) is 11.3 Å². The predicted molar refractivity (Wildman–Crippen MR) is 46.8 cm³/mol. The fourth-order valence-electron chi connectivity index (χ4n) is 0.772. The summed E-state index contributed by atoms with van der Waals surface area (Å²) in [6.07, 6.45) is -4.51. The predicted octanol–water partition coefficient (Wildman–Crippen LogP) is 3.17. The van der Waals surface area contributed by atoms with Crippen LogP contribution in [-0.2, 0) is 12.9 Å². The lowest BCUT2D eigenvalue weighted by molar-refractivity contribution is -0.141. The number of hydrogen-bond donors (Lipinski definition) is 0. The molecule has 1 rings (SSSR count). The van der Waals surface area contributed by atoms with Crippen molar-refractivity contribution in [1.29, 1.82) is 0 Å². The fraction of sp³-hybridized carbons (Fsp3) is 0.286. The van der Waals surface area contributed by atoms with Crippen LogP contribution in [-0.4, -0.2) is 4.98 Å². The van der Waals surface area contributed by atoms with E-state index in [0.29, 0.717) is 6.07 Å². The van der Waals surface area contributed by atoms with Gasteiger partial charge in [-0.3, -0.25) is 0 Å². The second-order valence-electron chi connectivity index (χ2n) is 2.31. The van der Waals surface area contributed by atoms with Gasteiger partial charge in [-0.2, -0.15) is 13.2 Å². The summed E-state index contributed by atoms with van der Waals surface area (Å²) < 4.78 is 48.5. The molecule has 1 aromatic rings. The minimum absolute atomic E-state index is 0.00766. The van der Waals surface area contributed by atoms with Crippen molar-refractivity contribution in [3.63, 3.8) is 0 Å². The zero-order chi connectivity index (χ0) is 10.1. The molecule has 1 aromatic heterocycles. The topological polar surface area (TPSA) is 12.9 Å². The largest absolute Gasteiger partial charge is 0.433 e. The fourth-order valence-corrected chi connectivity index (χ4v) is 1.43. The normalized spacial score (nSPS) is 11.8. The lowest BCUT2D eigenvalue weighted by atomic mass is 10.2. The average molecular weight is 305 g/mol. The van der Waals surface area contributed by atoms with E-state index in [-0.39, 0.29) is 9.26 Å². The maximum Gasteiger partial charge on any atom is 0.433 e. The Bertz CT molecular complexity index is 310. The SMILES string of the molecule is FCc1cc(I)nc(C(F)(F)F)c1. The first-order valence-electron chi connectivity index (χ1n) is 3.23. The number of rotatable bonds is 1. The van der Waals surface area contributed by atoms with E-state index in [1.807, 2.05) is 0 Å². The molecule has 72 valence electrons. The van der Waals surface area contributed by atoms with Crippen LogP contribution in [0.4, 0.5) is 17.6 Å². The van der Waals surface area contributed by atoms with Gasteiger partial charge in [0.15, 0.2) is 0 Å². The van der Waals surface area contributed by atoms with Crippen molar-refractivity contribution in [2.24, 2.45) is 0 Å². The van der Waals surface area contributed by atoms with Crippen LogP contribution in [0.3, 0.4) is 0 Å². The van der Waals surface area contributed by atoms with E-state index in [9.17, 15) is 17.6 Å². The van der Waals surface area contributed by atoms with E-state index in [1.165, 1.54) is 6.07 Å². The molecule has 0 fully saturated rings. The van der Waals surface area contributed by atoms with E-state index in [4.69, 9.17) is 0 Å². The molecule has 0 bridgehead atoms. The highest BCUT2D eigenvalue weighted by molar-refractivity contribution is 14.1. The number of hydrogen-bond acceptors (Lipinski definition) is 1. The Kier molecular flexibility index (Phi) is 3.09. The number of nitrogens with zero attached hydrogens (tertiary/aromatic N) is 1. The van der Waals surface area contributed by atoms with Crippen molar-refractivity contribution in [2.45, 2.75) is 12.9 Å². The quantitative estimate of drug-likeness (QED) is 0.441. The Balaban J connectivity index is 3.16. The van der Waals surface area contributed by atoms with Crippen LogP contribution in [0.5, 0.6) is 0 Å². The van der Waals surface area contributed by atoms with E-state index in [2.05, 4.69) is 4.98 Å². The number of pyridine rings is 1. The lowest BCUT2D eigenvalue weighted by Gasteiger charge is -2.06. The molecule has 1 heterocycles. The standard InChI is InChI=1S/C7H4F4IN/c8-3-4-1-5(7(9,10)11)13-6(12)2-4/h1-2H,3H2. The van der Waals surface area contributed by atoms with Gasteiger partial charge in [-0.25, -0.2) is 9.37 Å². The van der Waals surface area contributed by atoms with Gasteiger partial charge < -0.3 is 0 Å². The van der Waals surface area contributed by atoms with Gasteiger partial charge in [0.1, 0.15) is 16.1 Å². The number of halogens is 5. The molecular formula is C7H4F4IN. The summed E-state index contributed by atoms with van der Waals surface area (Å²) in [5, 5.41) is 0. The summed E-state index contributed by atoms with van der Waals surface area (Å²) in [5.41, 5.74) is -1.06. The molecule has 0 N–H and O–H groups in total. The van der Waals surface area contributed by atoms with E-state index in [0.717, 1.165) is 0 Å². The van der Waals surface area contributed by atoms with Crippen LogP contribution < -0.4 is 0 Å². The molecular weight excluding hydrogens is 301 g/mol. The molecule has 1 nitrogen and oxygen atoms in total. The van der Waals surface area contributed by atoms with Crippen LogP contribution in [0.25, 0.3) is 0 Å². The monoisotopic (exact) mass is 305 g/mol. The average Bonchev–Trinajstić information content (AvgIpc) is 2.01. The first kappa shape index (κ1) is 10.7. The lowest BCUT2D eigenvalue weighted by Crippen LogP contribution is -2.09. The van der Waals surface area contributed by atoms with Gasteiger partial charge in [-0.15, -0.1) is 0 Å². The van der Waals surface area contributed by atoms with Crippen LogP contribution in [0.2, 0.25) is 0 Å². The highest BCUT2D eigenvalue weighted by Crippen LogP contribution is 2.28. The van der Waals surface area contributed by atoms with E-state index in [1.54, 1.807) is 22.6 Å². The summed E-state index contributed by atoms with van der Waals surface area (Å²) in [6, 6.07) is 1.98. The zero-order valence-electron chi connectivity index (χ0n) is 6.20. The zero-order valence-corrected chi connectivity index (χ0v) is 8.36. The molecule has 0 amide bonds. The smallest absolute Gasteiger partial charge is 0.246 e. The molecule has 0 aliphatic heterocycles. The third-order valence-electron chi connectivity index (χ3n) is 1.30. The van der Waals surface area contributed by atoms with Crippen molar-refractivity contribution in [2.75, 3.05) is 0 Å². The highest BCUT2D eigenvalue weighted by Gasteiger charge is 2.32. The van der Waals surface area contributed by atoms with Gasteiger partial charge in [-0.1, -0.05) is 0 Å². The second kappa shape index (κ2) is 3.77. The van der Waals surface area contributed by atoms with Gasteiger partial charge in [0.25, 0.3) is 0 Å². The van der Waals surface area contributed by atoms with Crippen molar-refractivity contribution in [1.82, 2.24) is 4.98 Å². The maximum atomic E-state index is 12.1. The number of alkyl halides is 4. The van der Waals surface area contributed by atoms with Crippen molar-refractivity contribution >= 4 is 22.6 Å². The summed E-state index contributed by atoms with van der Waals surface area (Å²) in [6.45, 7) is -0.915. The Morgan fingerprint density at radius 1 is 1.31 bits per heavy atom. The minimum Gasteiger partial charge on any atom is -0.246 e. The van der Waals surface area contributed by atoms with Gasteiger partial charge >= 0.3 is 6.18 Å². The van der Waals surface area contributed by atoms with Crippen molar-refractivity contribution in [3.05, 3.63) is 27.1 Å². The van der Waals surface area contributed by atoms with E-state index >= 15 is 0 Å². The Hall–Kier alpha value is -0.400. The van der Waals surface area contributed by atoms with Crippen LogP contribution in [0.15, 0.2) is 12.1 Å². The maximum absolute atomic E-state index is 12.1. The summed E-state index contributed by atoms with van der Waals surface area (Å²) >= 11 is 1.62. The third kappa shape index (κ3) is 2.78. The van der Waals surface area contributed by atoms with Gasteiger partial charge in [0.2, 0.25) is 0 Å². The third-order valence-corrected chi connectivity index (χ3v) is 1.85. The molecule has 0 saturated carbocycles. The minimum atomic E-state index is -4.51. The molecule has 0 spiro atoms. The summed E-state index contributed by atoms with van der Waals surface area (Å²) in [5.74, 6) is 0. The van der Waals surface area contributed by atoms with Gasteiger partial charge in [-0.05, 0) is 40.3 Å². The van der Waals surface area contributed by atoms with Gasteiger partial charge in [0, 0.05) is 0 Å². The first-order chi connectivity index (χ1) is 5.93. The molecule has 0 aromatic carbocycles. The molecule has 13 heavy (non-hydrogen) atoms. The molecule has 0 unspecified atom stereocenters. The summed E-state index contributed by atoms with van der Waals surface area (Å²) in [4.78, 5) is 3.25.